The van der Waals surface area contributed by atoms with Crippen LogP contribution >= 0.6 is 0 Å². The first-order valence-electron chi connectivity index (χ1n) is 11.0. The number of unbranched alkanes of at least 4 members (excludes halogenated alkanes) is 2. The van der Waals surface area contributed by atoms with Crippen LogP contribution in [0.25, 0.3) is 0 Å². The van der Waals surface area contributed by atoms with Gasteiger partial charge in [0.25, 0.3) is 11.4 Å². The van der Waals surface area contributed by atoms with Gasteiger partial charge in [0, 0.05) is 13.1 Å². The number of amides is 3. The fourth-order valence-electron chi connectivity index (χ4n) is 3.31. The van der Waals surface area contributed by atoms with Gasteiger partial charge in [-0.2, -0.15) is 9.37 Å². The van der Waals surface area contributed by atoms with E-state index in [0.717, 1.165) is 38.5 Å². The van der Waals surface area contributed by atoms with Crippen LogP contribution in [0.3, 0.4) is 0 Å². The van der Waals surface area contributed by atoms with Crippen LogP contribution < -0.4 is 26.5 Å². The van der Waals surface area contributed by atoms with Crippen molar-refractivity contribution in [3.05, 3.63) is 22.0 Å². The maximum atomic E-state index is 14.1. The van der Waals surface area contributed by atoms with Gasteiger partial charge in [-0.1, -0.05) is 19.8 Å². The number of carbonyl (C=O) groups is 2. The standard InChI is InChI=1S/C20H31FN6O4/c1-2-6-14(17-24-18(29)16(21)19(25-17)31-12-13-7-8-13)26-22-9-4-3-5-10-27-11-15(28)23-20(27)30/h13-14,22,26H,2-12H2,1H3,(H,23,28,30)(H,24,25,29). The fourth-order valence-corrected chi connectivity index (χ4v) is 3.31. The molecule has 1 unspecified atom stereocenters. The van der Waals surface area contributed by atoms with E-state index in [-0.39, 0.29) is 30.4 Å². The molecule has 3 rings (SSSR count). The third kappa shape index (κ3) is 7.00. The van der Waals surface area contributed by atoms with Gasteiger partial charge in [-0.3, -0.25) is 20.3 Å². The van der Waals surface area contributed by atoms with Crippen molar-refractivity contribution in [2.45, 2.75) is 57.9 Å². The highest BCUT2D eigenvalue weighted by Crippen LogP contribution is 2.29. The Labute approximate surface area is 180 Å². The molecule has 1 aromatic rings. The Balaban J connectivity index is 1.42. The molecule has 2 heterocycles. The predicted octanol–water partition coefficient (Wildman–Crippen LogP) is 1.36. The molecule has 1 atom stereocenters. The number of nitrogens with zero attached hydrogens (tertiary/aromatic N) is 2. The van der Waals surface area contributed by atoms with Crippen molar-refractivity contribution < 1.29 is 18.7 Å². The average Bonchev–Trinajstić information content (AvgIpc) is 3.51. The van der Waals surface area contributed by atoms with E-state index in [9.17, 15) is 18.8 Å². The smallest absolute Gasteiger partial charge is 0.324 e. The molecule has 10 nitrogen and oxygen atoms in total. The molecule has 172 valence electrons. The van der Waals surface area contributed by atoms with Gasteiger partial charge in [-0.15, -0.1) is 0 Å². The van der Waals surface area contributed by atoms with E-state index in [2.05, 4.69) is 26.1 Å². The SMILES string of the molecule is CCCC(NNCCCCCN1CC(=O)NC1=O)c1nc(OCC2CC2)c(F)c(=O)[nH]1. The van der Waals surface area contributed by atoms with Gasteiger partial charge >= 0.3 is 6.03 Å². The van der Waals surface area contributed by atoms with Gasteiger partial charge in [-0.05, 0) is 38.0 Å². The van der Waals surface area contributed by atoms with Crippen LogP contribution in [0.4, 0.5) is 9.18 Å². The largest absolute Gasteiger partial charge is 0.475 e. The highest BCUT2D eigenvalue weighted by molar-refractivity contribution is 6.01. The molecule has 0 aromatic carbocycles. The predicted molar refractivity (Wildman–Crippen MR) is 111 cm³/mol. The number of H-pyrrole nitrogens is 1. The summed E-state index contributed by atoms with van der Waals surface area (Å²) >= 11 is 0. The molecule has 1 saturated heterocycles. The van der Waals surface area contributed by atoms with Crippen LogP contribution in [0.5, 0.6) is 5.88 Å². The minimum absolute atomic E-state index is 0.132. The van der Waals surface area contributed by atoms with Crippen molar-refractivity contribution in [3.63, 3.8) is 0 Å². The Hall–Kier alpha value is -2.53. The summed E-state index contributed by atoms with van der Waals surface area (Å²) in [6, 6.07) is -0.616. The molecule has 0 radical (unpaired) electrons. The molecule has 11 heteroatoms. The van der Waals surface area contributed by atoms with E-state index in [1.54, 1.807) is 0 Å². The first-order chi connectivity index (χ1) is 15.0. The van der Waals surface area contributed by atoms with Crippen molar-refractivity contribution in [2.75, 3.05) is 26.2 Å². The van der Waals surface area contributed by atoms with Crippen LogP contribution in [0.2, 0.25) is 0 Å². The molecule has 4 N–H and O–H groups in total. The normalized spacial score (nSPS) is 17.2. The van der Waals surface area contributed by atoms with Crippen LogP contribution in [0.1, 0.15) is 63.7 Å². The quantitative estimate of drug-likeness (QED) is 0.196. The molecule has 3 amide bonds. The number of hydrogen-bond acceptors (Lipinski definition) is 7. The number of hydrazine groups is 1. The Morgan fingerprint density at radius 2 is 2.06 bits per heavy atom. The van der Waals surface area contributed by atoms with Gasteiger partial charge in [0.2, 0.25) is 11.7 Å². The minimum Gasteiger partial charge on any atom is -0.475 e. The molecule has 2 aliphatic rings. The number of ether oxygens (including phenoxy) is 1. The van der Waals surface area contributed by atoms with E-state index in [0.29, 0.717) is 37.9 Å². The van der Waals surface area contributed by atoms with Crippen LogP contribution in [-0.4, -0.2) is 53.0 Å². The monoisotopic (exact) mass is 438 g/mol. The summed E-state index contributed by atoms with van der Waals surface area (Å²) < 4.78 is 19.5. The first-order valence-corrected chi connectivity index (χ1v) is 11.0. The van der Waals surface area contributed by atoms with E-state index in [1.807, 2.05) is 6.92 Å². The van der Waals surface area contributed by atoms with E-state index in [1.165, 1.54) is 4.90 Å². The highest BCUT2D eigenvalue weighted by atomic mass is 19.1. The molecule has 1 aromatic heterocycles. The zero-order chi connectivity index (χ0) is 22.2. The van der Waals surface area contributed by atoms with Crippen LogP contribution in [-0.2, 0) is 4.79 Å². The Bertz CT molecular complexity index is 828. The first kappa shape index (κ1) is 23.1. The van der Waals surface area contributed by atoms with Crippen LogP contribution in [0.15, 0.2) is 4.79 Å². The summed E-state index contributed by atoms with van der Waals surface area (Å²) in [6.45, 7) is 3.74. The summed E-state index contributed by atoms with van der Waals surface area (Å²) in [4.78, 5) is 42.8. The Morgan fingerprint density at radius 3 is 2.74 bits per heavy atom. The number of aromatic nitrogens is 2. The zero-order valence-electron chi connectivity index (χ0n) is 17.8. The number of hydrogen-bond donors (Lipinski definition) is 4. The maximum absolute atomic E-state index is 14.1. The molecular formula is C20H31FN6O4. The Kier molecular flexibility index (Phi) is 8.35. The second kappa shape index (κ2) is 11.2. The lowest BCUT2D eigenvalue weighted by Crippen LogP contribution is -2.38. The molecule has 1 saturated carbocycles. The number of urea groups is 1. The maximum Gasteiger partial charge on any atom is 0.324 e. The number of imide groups is 1. The molecular weight excluding hydrogens is 407 g/mol. The second-order valence-corrected chi connectivity index (χ2v) is 8.07. The van der Waals surface area contributed by atoms with Crippen LogP contribution in [0, 0.1) is 11.7 Å². The number of rotatable bonds is 14. The summed E-state index contributed by atoms with van der Waals surface area (Å²) in [5.41, 5.74) is 5.46. The van der Waals surface area contributed by atoms with E-state index >= 15 is 0 Å². The lowest BCUT2D eigenvalue weighted by atomic mass is 10.1. The fraction of sp³-hybridized carbons (Fsp3) is 0.700. The number of aromatic amines is 1. The Morgan fingerprint density at radius 1 is 1.26 bits per heavy atom. The molecule has 1 aliphatic heterocycles. The molecule has 1 aliphatic carbocycles. The number of halogens is 1. The average molecular weight is 439 g/mol. The molecule has 31 heavy (non-hydrogen) atoms. The van der Waals surface area contributed by atoms with Crippen molar-refractivity contribution in [2.24, 2.45) is 5.92 Å². The highest BCUT2D eigenvalue weighted by Gasteiger charge is 2.26. The third-order valence-corrected chi connectivity index (χ3v) is 5.28. The topological polar surface area (TPSA) is 128 Å². The molecule has 0 spiro atoms. The number of carbonyl (C=O) groups excluding carboxylic acids is 2. The number of nitrogens with one attached hydrogen (secondary N) is 4. The van der Waals surface area contributed by atoms with E-state index in [4.69, 9.17) is 4.74 Å². The van der Waals surface area contributed by atoms with Crippen molar-refractivity contribution in [1.29, 1.82) is 0 Å². The van der Waals surface area contributed by atoms with Gasteiger partial charge in [0.1, 0.15) is 12.4 Å². The third-order valence-electron chi connectivity index (χ3n) is 5.28. The van der Waals surface area contributed by atoms with Crippen molar-refractivity contribution >= 4 is 11.9 Å². The zero-order valence-corrected chi connectivity index (χ0v) is 17.8. The van der Waals surface area contributed by atoms with Gasteiger partial charge in [0.15, 0.2) is 0 Å². The minimum atomic E-state index is -0.985. The van der Waals surface area contributed by atoms with Gasteiger partial charge in [-0.25, -0.2) is 10.2 Å². The lowest BCUT2D eigenvalue weighted by molar-refractivity contribution is -0.118. The summed E-state index contributed by atoms with van der Waals surface area (Å²) in [5, 5.41) is 2.26. The van der Waals surface area contributed by atoms with Crippen molar-refractivity contribution in [3.8, 4) is 5.88 Å². The summed E-state index contributed by atoms with van der Waals surface area (Å²) in [6.07, 6.45) is 6.20. The summed E-state index contributed by atoms with van der Waals surface area (Å²) in [5.74, 6) is -0.711. The van der Waals surface area contributed by atoms with Gasteiger partial charge in [0.05, 0.1) is 12.6 Å². The lowest BCUT2D eigenvalue weighted by Gasteiger charge is -2.19. The second-order valence-electron chi connectivity index (χ2n) is 8.07. The van der Waals surface area contributed by atoms with Crippen molar-refractivity contribution in [1.82, 2.24) is 31.0 Å². The van der Waals surface area contributed by atoms with Gasteiger partial charge < -0.3 is 14.6 Å². The molecule has 2 fully saturated rings. The van der Waals surface area contributed by atoms with E-state index < -0.39 is 11.4 Å². The molecule has 0 bridgehead atoms. The summed E-state index contributed by atoms with van der Waals surface area (Å²) in [7, 11) is 0.